The Morgan fingerprint density at radius 1 is 1.45 bits per heavy atom. The Morgan fingerprint density at radius 3 is 2.90 bits per heavy atom. The first kappa shape index (κ1) is 14.6. The molecule has 1 aromatic rings. The molecule has 0 aliphatic carbocycles. The van der Waals surface area contributed by atoms with Crippen molar-refractivity contribution in [2.75, 3.05) is 20.8 Å². The van der Waals surface area contributed by atoms with Gasteiger partial charge in [-0.15, -0.1) is 0 Å². The van der Waals surface area contributed by atoms with E-state index in [4.69, 9.17) is 9.47 Å². The molecule has 2 heterocycles. The van der Waals surface area contributed by atoms with E-state index < -0.39 is 12.0 Å². The molecule has 6 nitrogen and oxygen atoms in total. The van der Waals surface area contributed by atoms with Gasteiger partial charge in [-0.25, -0.2) is 0 Å². The number of aromatic nitrogens is 1. The minimum absolute atomic E-state index is 0.443. The molecule has 1 fully saturated rings. The van der Waals surface area contributed by atoms with Gasteiger partial charge in [-0.2, -0.15) is 0 Å². The minimum Gasteiger partial charge on any atom is -0.493 e. The molecule has 1 aliphatic heterocycles. The first-order valence-corrected chi connectivity index (χ1v) is 6.70. The second-order valence-electron chi connectivity index (χ2n) is 4.81. The van der Waals surface area contributed by atoms with Crippen LogP contribution in [0, 0.1) is 0 Å². The number of aliphatic carboxylic acids is 1. The van der Waals surface area contributed by atoms with Gasteiger partial charge in [0.15, 0.2) is 11.5 Å². The van der Waals surface area contributed by atoms with Crippen LogP contribution in [-0.4, -0.2) is 47.8 Å². The van der Waals surface area contributed by atoms with Gasteiger partial charge in [-0.1, -0.05) is 6.42 Å². The van der Waals surface area contributed by atoms with Crippen LogP contribution in [0.15, 0.2) is 12.3 Å². The van der Waals surface area contributed by atoms with Gasteiger partial charge in [0.05, 0.1) is 14.2 Å². The van der Waals surface area contributed by atoms with Crippen molar-refractivity contribution in [3.63, 3.8) is 0 Å². The molecule has 1 saturated heterocycles. The molecule has 0 bridgehead atoms. The highest BCUT2D eigenvalue weighted by molar-refractivity contribution is 5.73. The maximum Gasteiger partial charge on any atom is 0.320 e. The van der Waals surface area contributed by atoms with Crippen LogP contribution in [0.5, 0.6) is 11.5 Å². The fourth-order valence-corrected chi connectivity index (χ4v) is 2.62. The van der Waals surface area contributed by atoms with E-state index in [-0.39, 0.29) is 0 Å². The number of methoxy groups -OCH3 is 2. The Kier molecular flexibility index (Phi) is 4.79. The zero-order valence-corrected chi connectivity index (χ0v) is 11.8. The monoisotopic (exact) mass is 280 g/mol. The molecular weight excluding hydrogens is 260 g/mol. The van der Waals surface area contributed by atoms with Crippen LogP contribution in [0.3, 0.4) is 0 Å². The molecule has 110 valence electrons. The standard InChI is InChI=1S/C14H20N2O4/c1-19-12-6-7-15-10(13(12)20-2)9-16-8-4-3-5-11(16)14(17)18/h6-7,11H,3-5,8-9H2,1-2H3,(H,17,18). The smallest absolute Gasteiger partial charge is 0.320 e. The third-order valence-electron chi connectivity index (χ3n) is 3.62. The Morgan fingerprint density at radius 2 is 2.25 bits per heavy atom. The topological polar surface area (TPSA) is 71.9 Å². The van der Waals surface area contributed by atoms with Gasteiger partial charge in [0, 0.05) is 18.8 Å². The lowest BCUT2D eigenvalue weighted by Gasteiger charge is -2.32. The van der Waals surface area contributed by atoms with Crippen molar-refractivity contribution >= 4 is 5.97 Å². The second kappa shape index (κ2) is 6.56. The zero-order chi connectivity index (χ0) is 14.5. The van der Waals surface area contributed by atoms with Crippen LogP contribution in [-0.2, 0) is 11.3 Å². The third kappa shape index (κ3) is 3.01. The van der Waals surface area contributed by atoms with Crippen molar-refractivity contribution in [2.24, 2.45) is 0 Å². The van der Waals surface area contributed by atoms with E-state index in [9.17, 15) is 9.90 Å². The van der Waals surface area contributed by atoms with Crippen LogP contribution in [0.4, 0.5) is 0 Å². The molecule has 2 rings (SSSR count). The summed E-state index contributed by atoms with van der Waals surface area (Å²) >= 11 is 0. The summed E-state index contributed by atoms with van der Waals surface area (Å²) in [7, 11) is 3.14. The van der Waals surface area contributed by atoms with Crippen molar-refractivity contribution in [2.45, 2.75) is 31.8 Å². The van der Waals surface area contributed by atoms with E-state index in [1.165, 1.54) is 0 Å². The van der Waals surface area contributed by atoms with E-state index in [0.29, 0.717) is 30.2 Å². The number of piperidine rings is 1. The predicted molar refractivity (Wildman–Crippen MR) is 73.0 cm³/mol. The molecule has 0 spiro atoms. The molecule has 1 aromatic heterocycles. The molecule has 1 unspecified atom stereocenters. The molecule has 6 heteroatoms. The summed E-state index contributed by atoms with van der Waals surface area (Å²) in [5, 5.41) is 9.30. The second-order valence-corrected chi connectivity index (χ2v) is 4.81. The van der Waals surface area contributed by atoms with Gasteiger partial charge < -0.3 is 14.6 Å². The van der Waals surface area contributed by atoms with E-state index in [1.54, 1.807) is 26.5 Å². The number of rotatable bonds is 5. The Bertz CT molecular complexity index is 478. The lowest BCUT2D eigenvalue weighted by molar-refractivity contribution is -0.144. The number of carboxylic acids is 1. The number of carboxylic acid groups (broad SMARTS) is 1. The summed E-state index contributed by atoms with van der Waals surface area (Å²) in [6, 6.07) is 1.29. The number of hydrogen-bond donors (Lipinski definition) is 1. The molecule has 1 atom stereocenters. The van der Waals surface area contributed by atoms with Crippen LogP contribution in [0.2, 0.25) is 0 Å². The highest BCUT2D eigenvalue weighted by Gasteiger charge is 2.29. The average molecular weight is 280 g/mol. The first-order valence-electron chi connectivity index (χ1n) is 6.70. The first-order chi connectivity index (χ1) is 9.67. The highest BCUT2D eigenvalue weighted by Crippen LogP contribution is 2.31. The van der Waals surface area contributed by atoms with E-state index in [2.05, 4.69) is 4.98 Å². The molecule has 20 heavy (non-hydrogen) atoms. The van der Waals surface area contributed by atoms with E-state index in [1.807, 2.05) is 4.90 Å². The van der Waals surface area contributed by atoms with Crippen molar-refractivity contribution in [1.29, 1.82) is 0 Å². The summed E-state index contributed by atoms with van der Waals surface area (Å²) in [4.78, 5) is 17.6. The van der Waals surface area contributed by atoms with Gasteiger partial charge in [0.25, 0.3) is 0 Å². The number of pyridine rings is 1. The van der Waals surface area contributed by atoms with Gasteiger partial charge in [0.1, 0.15) is 11.7 Å². The number of likely N-dealkylation sites (tertiary alicyclic amines) is 1. The number of nitrogens with zero attached hydrogens (tertiary/aromatic N) is 2. The summed E-state index contributed by atoms with van der Waals surface area (Å²) in [6.45, 7) is 1.22. The van der Waals surface area contributed by atoms with E-state index in [0.717, 1.165) is 19.4 Å². The quantitative estimate of drug-likeness (QED) is 0.882. The van der Waals surface area contributed by atoms with Gasteiger partial charge in [-0.05, 0) is 19.4 Å². The third-order valence-corrected chi connectivity index (χ3v) is 3.62. The predicted octanol–water partition coefficient (Wildman–Crippen LogP) is 1.54. The lowest BCUT2D eigenvalue weighted by Crippen LogP contribution is -2.44. The van der Waals surface area contributed by atoms with Crippen LogP contribution in [0.1, 0.15) is 25.0 Å². The van der Waals surface area contributed by atoms with Gasteiger partial charge in [0.2, 0.25) is 0 Å². The SMILES string of the molecule is COc1ccnc(CN2CCCCC2C(=O)O)c1OC. The summed E-state index contributed by atoms with van der Waals surface area (Å²) in [6.07, 6.45) is 4.30. The van der Waals surface area contributed by atoms with Crippen LogP contribution in [0.25, 0.3) is 0 Å². The van der Waals surface area contributed by atoms with Crippen molar-refractivity contribution in [3.05, 3.63) is 18.0 Å². The minimum atomic E-state index is -0.772. The molecule has 0 aromatic carbocycles. The van der Waals surface area contributed by atoms with Crippen molar-refractivity contribution < 1.29 is 19.4 Å². The van der Waals surface area contributed by atoms with Crippen molar-refractivity contribution in [1.82, 2.24) is 9.88 Å². The number of hydrogen-bond acceptors (Lipinski definition) is 5. The normalized spacial score (nSPS) is 19.6. The largest absolute Gasteiger partial charge is 0.493 e. The Labute approximate surface area is 118 Å². The van der Waals surface area contributed by atoms with Gasteiger partial charge in [-0.3, -0.25) is 14.7 Å². The molecule has 0 amide bonds. The molecule has 0 saturated carbocycles. The summed E-state index contributed by atoms with van der Waals surface area (Å²) in [5.41, 5.74) is 0.708. The summed E-state index contributed by atoms with van der Waals surface area (Å²) in [5.74, 6) is 0.414. The van der Waals surface area contributed by atoms with Crippen molar-refractivity contribution in [3.8, 4) is 11.5 Å². The van der Waals surface area contributed by atoms with Crippen LogP contribution < -0.4 is 9.47 Å². The molecule has 1 aliphatic rings. The Hall–Kier alpha value is -1.82. The fourth-order valence-electron chi connectivity index (χ4n) is 2.62. The van der Waals surface area contributed by atoms with E-state index >= 15 is 0 Å². The molecular formula is C14H20N2O4. The number of carbonyl (C=O) groups is 1. The lowest BCUT2D eigenvalue weighted by atomic mass is 10.0. The fraction of sp³-hybridized carbons (Fsp3) is 0.571. The molecule has 1 N–H and O–H groups in total. The Balaban J connectivity index is 2.22. The highest BCUT2D eigenvalue weighted by atomic mass is 16.5. The maximum absolute atomic E-state index is 11.3. The average Bonchev–Trinajstić information content (AvgIpc) is 2.47. The summed E-state index contributed by atoms with van der Waals surface area (Å²) < 4.78 is 10.6. The zero-order valence-electron chi connectivity index (χ0n) is 11.8. The van der Waals surface area contributed by atoms with Crippen LogP contribution >= 0.6 is 0 Å². The van der Waals surface area contributed by atoms with Gasteiger partial charge >= 0.3 is 5.97 Å². The maximum atomic E-state index is 11.3. The molecule has 0 radical (unpaired) electrons. The number of ether oxygens (including phenoxy) is 2.